The number of aromatic amines is 1. The molecule has 0 bridgehead atoms. The molecule has 0 spiro atoms. The number of amides is 1. The molecule has 3 nitrogen and oxygen atoms in total. The van der Waals surface area contributed by atoms with Crippen molar-refractivity contribution >= 4 is 18.1 Å². The Balaban J connectivity index is 2.46. The van der Waals surface area contributed by atoms with Crippen LogP contribution in [0.5, 0.6) is 0 Å². The number of carbonyl (C=O) groups is 1. The van der Waals surface area contributed by atoms with E-state index in [0.29, 0.717) is 21.5 Å². The number of H-pyrrole nitrogens is 1. The van der Waals surface area contributed by atoms with Crippen molar-refractivity contribution in [2.24, 2.45) is 0 Å². The number of rotatable bonds is 2. The average Bonchev–Trinajstić information content (AvgIpc) is 2.41. The maximum Gasteiger partial charge on any atom is 0.253 e. The van der Waals surface area contributed by atoms with Gasteiger partial charge >= 0.3 is 0 Å². The minimum atomic E-state index is -0.452. The van der Waals surface area contributed by atoms with Gasteiger partial charge in [0.15, 0.2) is 0 Å². The van der Waals surface area contributed by atoms with Crippen molar-refractivity contribution in [3.8, 4) is 11.3 Å². The van der Waals surface area contributed by atoms with Crippen molar-refractivity contribution in [3.63, 3.8) is 0 Å². The third-order valence-corrected chi connectivity index (χ3v) is 3.44. The zero-order valence-electron chi connectivity index (χ0n) is 11.5. The third-order valence-electron chi connectivity index (χ3n) is 3.02. The summed E-state index contributed by atoms with van der Waals surface area (Å²) in [5.41, 5.74) is 2.25. The molecule has 1 N–H and O–H groups in total. The first-order valence-corrected chi connectivity index (χ1v) is 6.52. The molecular formula is C15H15FN2OS. The van der Waals surface area contributed by atoms with Crippen LogP contribution < -0.4 is 0 Å². The smallest absolute Gasteiger partial charge is 0.253 e. The Morgan fingerprint density at radius 2 is 1.95 bits per heavy atom. The van der Waals surface area contributed by atoms with Crippen LogP contribution in [0.2, 0.25) is 0 Å². The summed E-state index contributed by atoms with van der Waals surface area (Å²) in [6, 6.07) is 8.05. The quantitative estimate of drug-likeness (QED) is 0.858. The van der Waals surface area contributed by atoms with Gasteiger partial charge in [-0.25, -0.2) is 4.39 Å². The van der Waals surface area contributed by atoms with Gasteiger partial charge in [0, 0.05) is 30.9 Å². The lowest BCUT2D eigenvalue weighted by Gasteiger charge is -2.11. The molecule has 0 unspecified atom stereocenters. The number of hydrogen-bond donors (Lipinski definition) is 1. The largest absolute Gasteiger partial charge is 0.346 e. The summed E-state index contributed by atoms with van der Waals surface area (Å²) in [7, 11) is 3.26. The molecule has 0 saturated heterocycles. The van der Waals surface area contributed by atoms with Crippen molar-refractivity contribution in [2.45, 2.75) is 6.92 Å². The van der Waals surface area contributed by atoms with Gasteiger partial charge in [-0.3, -0.25) is 4.79 Å². The SMILES string of the molecule is Cc1ccc(-c2ccc(C(=O)N(C)C)cc2F)[nH]c1=S. The molecule has 5 heteroatoms. The Morgan fingerprint density at radius 1 is 1.25 bits per heavy atom. The second-order valence-corrected chi connectivity index (χ2v) is 5.19. The topological polar surface area (TPSA) is 36.1 Å². The van der Waals surface area contributed by atoms with E-state index in [1.807, 2.05) is 13.0 Å². The first-order valence-electron chi connectivity index (χ1n) is 6.11. The first-order chi connectivity index (χ1) is 9.40. The average molecular weight is 290 g/mol. The van der Waals surface area contributed by atoms with Crippen molar-refractivity contribution in [2.75, 3.05) is 14.1 Å². The van der Waals surface area contributed by atoms with Gasteiger partial charge in [0.2, 0.25) is 0 Å². The molecular weight excluding hydrogens is 275 g/mol. The lowest BCUT2D eigenvalue weighted by atomic mass is 10.1. The van der Waals surface area contributed by atoms with Crippen LogP contribution in [0.25, 0.3) is 11.3 Å². The summed E-state index contributed by atoms with van der Waals surface area (Å²) in [5.74, 6) is -0.681. The van der Waals surface area contributed by atoms with Crippen LogP contribution in [-0.4, -0.2) is 29.9 Å². The van der Waals surface area contributed by atoms with Crippen LogP contribution in [0.1, 0.15) is 15.9 Å². The van der Waals surface area contributed by atoms with E-state index in [9.17, 15) is 9.18 Å². The van der Waals surface area contributed by atoms with Crippen LogP contribution in [0, 0.1) is 17.4 Å². The fourth-order valence-electron chi connectivity index (χ4n) is 1.83. The van der Waals surface area contributed by atoms with Crippen molar-refractivity contribution < 1.29 is 9.18 Å². The fourth-order valence-corrected chi connectivity index (χ4v) is 2.01. The number of nitrogens with zero attached hydrogens (tertiary/aromatic N) is 1. The first kappa shape index (κ1) is 14.4. The summed E-state index contributed by atoms with van der Waals surface area (Å²) >= 11 is 5.15. The lowest BCUT2D eigenvalue weighted by molar-refractivity contribution is 0.0827. The monoisotopic (exact) mass is 290 g/mol. The number of hydrogen-bond acceptors (Lipinski definition) is 2. The van der Waals surface area contributed by atoms with Crippen LogP contribution in [0.15, 0.2) is 30.3 Å². The minimum Gasteiger partial charge on any atom is -0.346 e. The summed E-state index contributed by atoms with van der Waals surface area (Å²) in [5, 5.41) is 0. The standard InChI is InChI=1S/C15H15FN2OS/c1-9-4-7-13(17-14(9)20)11-6-5-10(8-12(11)16)15(19)18(2)3/h4-8H,1-3H3,(H,17,20). The van der Waals surface area contributed by atoms with Crippen LogP contribution in [-0.2, 0) is 0 Å². The molecule has 1 aromatic heterocycles. The molecule has 0 atom stereocenters. The Hall–Kier alpha value is -2.01. The highest BCUT2D eigenvalue weighted by Crippen LogP contribution is 2.22. The molecule has 20 heavy (non-hydrogen) atoms. The van der Waals surface area contributed by atoms with Crippen molar-refractivity contribution in [1.82, 2.24) is 9.88 Å². The van der Waals surface area contributed by atoms with Crippen molar-refractivity contribution in [3.05, 3.63) is 51.9 Å². The van der Waals surface area contributed by atoms with Gasteiger partial charge in [-0.05, 0) is 36.8 Å². The van der Waals surface area contributed by atoms with E-state index in [1.54, 1.807) is 32.3 Å². The molecule has 0 aliphatic heterocycles. The van der Waals surface area contributed by atoms with Crippen LogP contribution >= 0.6 is 12.2 Å². The molecule has 0 radical (unpaired) electrons. The number of benzene rings is 1. The third kappa shape index (κ3) is 2.77. The number of aromatic nitrogens is 1. The Labute approximate surface area is 122 Å². The zero-order chi connectivity index (χ0) is 14.9. The summed E-state index contributed by atoms with van der Waals surface area (Å²) in [6.45, 7) is 1.89. The predicted octanol–water partition coefficient (Wildman–Crippen LogP) is 3.56. The number of pyridine rings is 1. The van der Waals surface area contributed by atoms with Gasteiger partial charge in [0.05, 0.1) is 0 Å². The molecule has 104 valence electrons. The lowest BCUT2D eigenvalue weighted by Crippen LogP contribution is -2.21. The normalized spacial score (nSPS) is 10.4. The van der Waals surface area contributed by atoms with Gasteiger partial charge in [0.25, 0.3) is 5.91 Å². The van der Waals surface area contributed by atoms with Crippen LogP contribution in [0.4, 0.5) is 4.39 Å². The maximum absolute atomic E-state index is 14.2. The van der Waals surface area contributed by atoms with Crippen molar-refractivity contribution in [1.29, 1.82) is 0 Å². The summed E-state index contributed by atoms with van der Waals surface area (Å²) in [4.78, 5) is 16.2. The van der Waals surface area contributed by atoms with Gasteiger partial charge in [-0.2, -0.15) is 0 Å². The fraction of sp³-hybridized carbons (Fsp3) is 0.200. The Morgan fingerprint density at radius 3 is 2.50 bits per heavy atom. The van der Waals surface area contributed by atoms with Gasteiger partial charge < -0.3 is 9.88 Å². The molecule has 0 aliphatic carbocycles. The highest BCUT2D eigenvalue weighted by atomic mass is 32.1. The molecule has 2 rings (SSSR count). The van der Waals surface area contributed by atoms with E-state index in [0.717, 1.165) is 5.56 Å². The van der Waals surface area contributed by atoms with E-state index in [2.05, 4.69) is 4.98 Å². The molecule has 1 heterocycles. The van der Waals surface area contributed by atoms with E-state index < -0.39 is 5.82 Å². The number of carbonyl (C=O) groups excluding carboxylic acids is 1. The summed E-state index contributed by atoms with van der Waals surface area (Å²) in [6.07, 6.45) is 0. The van der Waals surface area contributed by atoms with Crippen LogP contribution in [0.3, 0.4) is 0 Å². The van der Waals surface area contributed by atoms with E-state index in [1.165, 1.54) is 11.0 Å². The van der Waals surface area contributed by atoms with E-state index in [4.69, 9.17) is 12.2 Å². The maximum atomic E-state index is 14.2. The second kappa shape index (κ2) is 5.54. The van der Waals surface area contributed by atoms with Gasteiger partial charge in [0.1, 0.15) is 10.5 Å². The second-order valence-electron chi connectivity index (χ2n) is 4.78. The van der Waals surface area contributed by atoms with Gasteiger partial charge in [-0.15, -0.1) is 0 Å². The molecule has 1 aromatic carbocycles. The summed E-state index contributed by atoms with van der Waals surface area (Å²) < 4.78 is 14.7. The molecule has 0 fully saturated rings. The number of aryl methyl sites for hydroxylation is 1. The highest BCUT2D eigenvalue weighted by molar-refractivity contribution is 7.71. The number of nitrogens with one attached hydrogen (secondary N) is 1. The molecule has 2 aromatic rings. The zero-order valence-corrected chi connectivity index (χ0v) is 12.3. The molecule has 0 saturated carbocycles. The number of halogens is 1. The van der Waals surface area contributed by atoms with Gasteiger partial charge in [-0.1, -0.05) is 18.3 Å². The minimum absolute atomic E-state index is 0.229. The molecule has 1 amide bonds. The highest BCUT2D eigenvalue weighted by Gasteiger charge is 2.12. The van der Waals surface area contributed by atoms with E-state index >= 15 is 0 Å². The van der Waals surface area contributed by atoms with E-state index in [-0.39, 0.29) is 5.91 Å². The molecule has 0 aliphatic rings. The predicted molar refractivity (Wildman–Crippen MR) is 79.8 cm³/mol. The Kier molecular flexibility index (Phi) is 3.99. The Bertz CT molecular complexity index is 722.